The molecule has 37 heavy (non-hydrogen) atoms. The second-order valence-corrected chi connectivity index (χ2v) is 9.44. The number of nitrogens with zero attached hydrogens (tertiary/aromatic N) is 2. The van der Waals surface area contributed by atoms with Gasteiger partial charge in [0.1, 0.15) is 23.8 Å². The molecule has 3 aromatic rings. The highest BCUT2D eigenvalue weighted by Crippen LogP contribution is 2.27. The Labute approximate surface area is 216 Å². The molecule has 5 nitrogen and oxygen atoms in total. The molecule has 3 rings (SSSR count). The van der Waals surface area contributed by atoms with Gasteiger partial charge in [0.25, 0.3) is 0 Å². The fourth-order valence-corrected chi connectivity index (χ4v) is 3.43. The summed E-state index contributed by atoms with van der Waals surface area (Å²) in [7, 11) is 0. The summed E-state index contributed by atoms with van der Waals surface area (Å²) in [6, 6.07) is 13.5. The summed E-state index contributed by atoms with van der Waals surface area (Å²) in [5.41, 5.74) is -1.66. The van der Waals surface area contributed by atoms with Crippen molar-refractivity contribution in [2.75, 3.05) is 6.61 Å². The van der Waals surface area contributed by atoms with E-state index >= 15 is 0 Å². The zero-order chi connectivity index (χ0) is 27.1. The predicted octanol–water partition coefficient (Wildman–Crippen LogP) is 7.49. The highest BCUT2D eigenvalue weighted by molar-refractivity contribution is 5.81. The Bertz CT molecular complexity index is 1150. The molecule has 0 bridgehead atoms. The largest absolute Gasteiger partial charge is 0.490 e. The van der Waals surface area contributed by atoms with Gasteiger partial charge in [0.15, 0.2) is 12.0 Å². The molecule has 1 heterocycles. The Morgan fingerprint density at radius 2 is 1.46 bits per heavy atom. The van der Waals surface area contributed by atoms with Gasteiger partial charge in [-0.05, 0) is 75.1 Å². The van der Waals surface area contributed by atoms with Gasteiger partial charge in [-0.15, -0.1) is 0 Å². The van der Waals surface area contributed by atoms with Crippen LogP contribution in [0.2, 0.25) is 0 Å². The third kappa shape index (κ3) is 7.54. The topological polar surface area (TPSA) is 61.3 Å². The lowest BCUT2D eigenvalue weighted by atomic mass is 10.0. The van der Waals surface area contributed by atoms with Crippen molar-refractivity contribution in [1.82, 2.24) is 9.97 Å². The molecular formula is C29H33F3N2O3. The van der Waals surface area contributed by atoms with Crippen molar-refractivity contribution in [3.8, 4) is 34.0 Å². The van der Waals surface area contributed by atoms with Crippen molar-refractivity contribution in [3.05, 3.63) is 60.9 Å². The molecule has 3 atom stereocenters. The number of carbonyl (C=O) groups is 1. The van der Waals surface area contributed by atoms with E-state index in [1.165, 1.54) is 13.8 Å². The lowest BCUT2D eigenvalue weighted by Gasteiger charge is -2.23. The van der Waals surface area contributed by atoms with Gasteiger partial charge in [-0.2, -0.15) is 0 Å². The molecule has 0 fully saturated rings. The van der Waals surface area contributed by atoms with E-state index in [1.54, 1.807) is 67.8 Å². The van der Waals surface area contributed by atoms with E-state index in [0.29, 0.717) is 18.0 Å². The van der Waals surface area contributed by atoms with Crippen LogP contribution in [0.25, 0.3) is 22.5 Å². The number of hydrogen-bond donors (Lipinski definition) is 0. The maximum atomic E-state index is 14.5. The van der Waals surface area contributed by atoms with E-state index in [0.717, 1.165) is 23.1 Å². The molecule has 0 aliphatic rings. The minimum Gasteiger partial charge on any atom is -0.490 e. The average molecular weight is 515 g/mol. The highest BCUT2D eigenvalue weighted by Gasteiger charge is 2.34. The summed E-state index contributed by atoms with van der Waals surface area (Å²) in [6.07, 6.45) is 3.20. The first-order chi connectivity index (χ1) is 17.6. The van der Waals surface area contributed by atoms with Crippen molar-refractivity contribution >= 4 is 5.97 Å². The first-order valence-corrected chi connectivity index (χ1v) is 12.5. The average Bonchev–Trinajstić information content (AvgIpc) is 2.91. The van der Waals surface area contributed by atoms with Crippen LogP contribution in [0.4, 0.5) is 13.2 Å². The van der Waals surface area contributed by atoms with E-state index in [2.05, 4.69) is 9.97 Å². The summed E-state index contributed by atoms with van der Waals surface area (Å²) >= 11 is 0. The maximum Gasteiger partial charge on any atom is 0.348 e. The van der Waals surface area contributed by atoms with E-state index < -0.39 is 23.5 Å². The van der Waals surface area contributed by atoms with Gasteiger partial charge >= 0.3 is 5.97 Å². The Kier molecular flexibility index (Phi) is 9.29. The predicted molar refractivity (Wildman–Crippen MR) is 138 cm³/mol. The number of esters is 1. The number of carbonyl (C=O) groups excluding carboxylic acids is 1. The number of aromatic nitrogens is 2. The van der Waals surface area contributed by atoms with Crippen molar-refractivity contribution in [2.24, 2.45) is 0 Å². The quantitative estimate of drug-likeness (QED) is 0.185. The van der Waals surface area contributed by atoms with E-state index in [-0.39, 0.29) is 25.2 Å². The smallest absolute Gasteiger partial charge is 0.348 e. The molecule has 0 amide bonds. The van der Waals surface area contributed by atoms with Gasteiger partial charge in [0.2, 0.25) is 5.67 Å². The van der Waals surface area contributed by atoms with Gasteiger partial charge < -0.3 is 9.47 Å². The van der Waals surface area contributed by atoms with E-state index in [9.17, 15) is 18.0 Å². The number of hydrogen-bond acceptors (Lipinski definition) is 5. The number of ether oxygens (including phenoxy) is 2. The summed E-state index contributed by atoms with van der Waals surface area (Å²) in [4.78, 5) is 21.0. The minimum atomic E-state index is -2.02. The van der Waals surface area contributed by atoms with Gasteiger partial charge in [-0.1, -0.05) is 32.4 Å². The molecule has 2 aromatic carbocycles. The van der Waals surface area contributed by atoms with Crippen molar-refractivity contribution < 1.29 is 27.4 Å². The molecule has 198 valence electrons. The number of benzene rings is 2. The highest BCUT2D eigenvalue weighted by atomic mass is 19.2. The zero-order valence-electron chi connectivity index (χ0n) is 21.6. The molecule has 1 aromatic heterocycles. The Morgan fingerprint density at radius 3 is 2.03 bits per heavy atom. The minimum absolute atomic E-state index is 0.0686. The summed E-state index contributed by atoms with van der Waals surface area (Å²) in [5, 5.41) is 0. The molecule has 0 N–H and O–H groups in total. The molecule has 0 aliphatic carbocycles. The van der Waals surface area contributed by atoms with Crippen LogP contribution in [-0.2, 0) is 4.79 Å². The Hall–Kier alpha value is -3.42. The standard InChI is InChI=1S/C29H33F3N2O3/c1-5-7-16-29(4,32)27(35)37-24-14-8-20(9-15-24)22-17-33-26(34-18-22)21-10-12-23(13-11-21)36-19-25(30)28(3,31)6-2/h8-15,17-18,25H,5-7,16,19H2,1-4H3. The monoisotopic (exact) mass is 514 g/mol. The molecule has 0 aliphatic heterocycles. The third-order valence-corrected chi connectivity index (χ3v) is 6.33. The normalized spacial score (nSPS) is 15.3. The molecule has 0 radical (unpaired) electrons. The van der Waals surface area contributed by atoms with Crippen molar-refractivity contribution in [2.45, 2.75) is 70.9 Å². The molecule has 8 heteroatoms. The number of rotatable bonds is 12. The van der Waals surface area contributed by atoms with Gasteiger partial charge in [-0.25, -0.2) is 27.9 Å². The molecule has 0 saturated carbocycles. The first kappa shape index (κ1) is 28.2. The molecule has 3 unspecified atom stereocenters. The second-order valence-electron chi connectivity index (χ2n) is 9.44. The summed E-state index contributed by atoms with van der Waals surface area (Å²) < 4.78 is 53.1. The van der Waals surface area contributed by atoms with Crippen LogP contribution in [-0.4, -0.2) is 40.1 Å². The van der Waals surface area contributed by atoms with Crippen LogP contribution in [0.5, 0.6) is 11.5 Å². The number of alkyl halides is 3. The molecule has 0 spiro atoms. The van der Waals surface area contributed by atoms with Gasteiger partial charge in [0, 0.05) is 23.5 Å². The van der Waals surface area contributed by atoms with Crippen molar-refractivity contribution in [3.63, 3.8) is 0 Å². The SMILES string of the molecule is CCCCC(C)(F)C(=O)Oc1ccc(-c2cnc(-c3ccc(OCC(F)C(C)(F)CC)cc3)nc2)cc1. The summed E-state index contributed by atoms with van der Waals surface area (Å²) in [5.74, 6) is 0.276. The fraction of sp³-hybridized carbons (Fsp3) is 0.414. The van der Waals surface area contributed by atoms with Crippen LogP contribution in [0, 0.1) is 0 Å². The van der Waals surface area contributed by atoms with Crippen LogP contribution < -0.4 is 9.47 Å². The third-order valence-electron chi connectivity index (χ3n) is 6.33. The van der Waals surface area contributed by atoms with Gasteiger partial charge in [0.05, 0.1) is 0 Å². The second kappa shape index (κ2) is 12.2. The lowest BCUT2D eigenvalue weighted by molar-refractivity contribution is -0.147. The lowest BCUT2D eigenvalue weighted by Crippen LogP contribution is -2.35. The van der Waals surface area contributed by atoms with E-state index in [1.807, 2.05) is 6.92 Å². The molecule has 0 saturated heterocycles. The first-order valence-electron chi connectivity index (χ1n) is 12.5. The number of unbranched alkanes of at least 4 members (excludes halogenated alkanes) is 1. The number of halogens is 3. The van der Waals surface area contributed by atoms with Crippen LogP contribution in [0.1, 0.15) is 53.4 Å². The van der Waals surface area contributed by atoms with Crippen molar-refractivity contribution in [1.29, 1.82) is 0 Å². The van der Waals surface area contributed by atoms with Crippen LogP contribution in [0.3, 0.4) is 0 Å². The van der Waals surface area contributed by atoms with Crippen LogP contribution in [0.15, 0.2) is 60.9 Å². The maximum absolute atomic E-state index is 14.5. The Balaban J connectivity index is 1.60. The summed E-state index contributed by atoms with van der Waals surface area (Å²) in [6.45, 7) is 5.63. The fourth-order valence-electron chi connectivity index (χ4n) is 3.43. The van der Waals surface area contributed by atoms with Crippen LogP contribution >= 0.6 is 0 Å². The van der Waals surface area contributed by atoms with Gasteiger partial charge in [-0.3, -0.25) is 0 Å². The Morgan fingerprint density at radius 1 is 0.892 bits per heavy atom. The zero-order valence-corrected chi connectivity index (χ0v) is 21.6. The molecular weight excluding hydrogens is 481 g/mol. The van der Waals surface area contributed by atoms with E-state index in [4.69, 9.17) is 9.47 Å².